The second kappa shape index (κ2) is 5.92. The Bertz CT molecular complexity index is 497. The van der Waals surface area contributed by atoms with E-state index in [1.165, 1.54) is 24.2 Å². The number of benzene rings is 1. The minimum absolute atomic E-state index is 0.872. The standard InChI is InChI=1S/C14H18N2S/c1-2-3-4-10-17-13-8-7-12-11(14(13)15)6-5-9-16-12/h5-9H,2-4,10,15H2,1H3. The Labute approximate surface area is 107 Å². The first-order chi connectivity index (χ1) is 8.33. The van der Waals surface area contributed by atoms with E-state index in [-0.39, 0.29) is 0 Å². The van der Waals surface area contributed by atoms with Gasteiger partial charge in [-0.15, -0.1) is 11.8 Å². The maximum Gasteiger partial charge on any atom is 0.0723 e. The molecular formula is C14H18N2S. The molecule has 3 heteroatoms. The maximum atomic E-state index is 6.17. The Morgan fingerprint density at radius 3 is 2.94 bits per heavy atom. The molecule has 2 rings (SSSR count). The fourth-order valence-corrected chi connectivity index (χ4v) is 2.81. The summed E-state index contributed by atoms with van der Waals surface area (Å²) in [5.74, 6) is 1.14. The lowest BCUT2D eigenvalue weighted by atomic mass is 10.2. The highest BCUT2D eigenvalue weighted by atomic mass is 32.2. The van der Waals surface area contributed by atoms with Gasteiger partial charge >= 0.3 is 0 Å². The number of nitrogen functional groups attached to an aromatic ring is 1. The Morgan fingerprint density at radius 2 is 2.12 bits per heavy atom. The largest absolute Gasteiger partial charge is 0.397 e. The third kappa shape index (κ3) is 2.91. The number of rotatable bonds is 5. The summed E-state index contributed by atoms with van der Waals surface area (Å²) >= 11 is 1.85. The van der Waals surface area contributed by atoms with Gasteiger partial charge in [-0.25, -0.2) is 0 Å². The number of unbranched alkanes of at least 4 members (excludes halogenated alkanes) is 2. The van der Waals surface area contributed by atoms with Crippen LogP contribution in [0.2, 0.25) is 0 Å². The monoisotopic (exact) mass is 246 g/mol. The van der Waals surface area contributed by atoms with Gasteiger partial charge in [0.1, 0.15) is 0 Å². The van der Waals surface area contributed by atoms with E-state index in [9.17, 15) is 0 Å². The van der Waals surface area contributed by atoms with Crippen molar-refractivity contribution in [2.75, 3.05) is 11.5 Å². The van der Waals surface area contributed by atoms with Crippen LogP contribution in [0.15, 0.2) is 35.4 Å². The molecule has 0 bridgehead atoms. The first kappa shape index (κ1) is 12.2. The van der Waals surface area contributed by atoms with Gasteiger partial charge in [0.15, 0.2) is 0 Å². The fraction of sp³-hybridized carbons (Fsp3) is 0.357. The third-order valence-electron chi connectivity index (χ3n) is 2.79. The lowest BCUT2D eigenvalue weighted by Crippen LogP contribution is -1.92. The average molecular weight is 246 g/mol. The SMILES string of the molecule is CCCCCSc1ccc2ncccc2c1N. The topological polar surface area (TPSA) is 38.9 Å². The fourth-order valence-electron chi connectivity index (χ4n) is 1.82. The quantitative estimate of drug-likeness (QED) is 0.490. The Morgan fingerprint density at radius 1 is 1.24 bits per heavy atom. The van der Waals surface area contributed by atoms with E-state index in [4.69, 9.17) is 5.73 Å². The second-order valence-electron chi connectivity index (χ2n) is 4.10. The Balaban J connectivity index is 2.15. The summed E-state index contributed by atoms with van der Waals surface area (Å²) in [6.07, 6.45) is 5.61. The predicted octanol–water partition coefficient (Wildman–Crippen LogP) is 4.10. The van der Waals surface area contributed by atoms with Crippen molar-refractivity contribution in [3.05, 3.63) is 30.5 Å². The molecule has 0 saturated heterocycles. The van der Waals surface area contributed by atoms with Crippen molar-refractivity contribution >= 4 is 28.4 Å². The molecule has 1 aromatic heterocycles. The number of hydrogen-bond acceptors (Lipinski definition) is 3. The molecule has 1 aromatic carbocycles. The molecule has 0 spiro atoms. The van der Waals surface area contributed by atoms with Gasteiger partial charge in [0, 0.05) is 16.5 Å². The Hall–Kier alpha value is -1.22. The van der Waals surface area contributed by atoms with Gasteiger partial charge < -0.3 is 5.73 Å². The van der Waals surface area contributed by atoms with Crippen molar-refractivity contribution in [2.45, 2.75) is 31.1 Å². The molecular weight excluding hydrogens is 228 g/mol. The third-order valence-corrected chi connectivity index (χ3v) is 3.95. The van der Waals surface area contributed by atoms with Gasteiger partial charge in [0.25, 0.3) is 0 Å². The van der Waals surface area contributed by atoms with Crippen LogP contribution in [-0.2, 0) is 0 Å². The van der Waals surface area contributed by atoms with Gasteiger partial charge in [-0.3, -0.25) is 4.98 Å². The number of aromatic nitrogens is 1. The van der Waals surface area contributed by atoms with E-state index < -0.39 is 0 Å². The minimum atomic E-state index is 0.872. The summed E-state index contributed by atoms with van der Waals surface area (Å²) in [6.45, 7) is 2.22. The number of anilines is 1. The van der Waals surface area contributed by atoms with Crippen LogP contribution in [0.5, 0.6) is 0 Å². The zero-order valence-electron chi connectivity index (χ0n) is 10.1. The number of pyridine rings is 1. The van der Waals surface area contributed by atoms with Crippen molar-refractivity contribution in [1.82, 2.24) is 4.98 Å². The van der Waals surface area contributed by atoms with Crippen molar-refractivity contribution < 1.29 is 0 Å². The second-order valence-corrected chi connectivity index (χ2v) is 5.24. The van der Waals surface area contributed by atoms with Gasteiger partial charge in [-0.05, 0) is 36.4 Å². The molecule has 0 atom stereocenters. The number of nitrogens with two attached hydrogens (primary N) is 1. The van der Waals surface area contributed by atoms with Crippen molar-refractivity contribution in [3.8, 4) is 0 Å². The van der Waals surface area contributed by atoms with Gasteiger partial charge in [-0.1, -0.05) is 19.8 Å². The molecule has 0 aliphatic heterocycles. The van der Waals surface area contributed by atoms with E-state index in [2.05, 4.69) is 18.0 Å². The molecule has 0 aliphatic carbocycles. The molecule has 0 radical (unpaired) electrons. The van der Waals surface area contributed by atoms with Crippen LogP contribution < -0.4 is 5.73 Å². The molecule has 2 N–H and O–H groups in total. The summed E-state index contributed by atoms with van der Waals surface area (Å²) in [5.41, 5.74) is 8.02. The molecule has 90 valence electrons. The van der Waals surface area contributed by atoms with Crippen LogP contribution in [-0.4, -0.2) is 10.7 Å². The normalized spacial score (nSPS) is 10.9. The van der Waals surface area contributed by atoms with E-state index in [1.54, 1.807) is 6.20 Å². The first-order valence-corrected chi connectivity index (χ1v) is 7.07. The molecule has 2 aromatic rings. The summed E-state index contributed by atoms with van der Waals surface area (Å²) in [4.78, 5) is 5.49. The van der Waals surface area contributed by atoms with E-state index in [0.717, 1.165) is 22.3 Å². The zero-order valence-corrected chi connectivity index (χ0v) is 11.0. The molecule has 0 aliphatic rings. The molecule has 2 nitrogen and oxygen atoms in total. The van der Waals surface area contributed by atoms with Gasteiger partial charge in [-0.2, -0.15) is 0 Å². The Kier molecular flexibility index (Phi) is 4.26. The molecule has 0 unspecified atom stereocenters. The van der Waals surface area contributed by atoms with Crippen LogP contribution in [0.4, 0.5) is 5.69 Å². The lowest BCUT2D eigenvalue weighted by molar-refractivity contribution is 0.778. The number of nitrogens with zero attached hydrogens (tertiary/aromatic N) is 1. The van der Waals surface area contributed by atoms with Gasteiger partial charge in [0.05, 0.1) is 11.2 Å². The smallest absolute Gasteiger partial charge is 0.0723 e. The van der Waals surface area contributed by atoms with Crippen LogP contribution in [0, 0.1) is 0 Å². The van der Waals surface area contributed by atoms with E-state index in [1.807, 2.05) is 30.0 Å². The lowest BCUT2D eigenvalue weighted by Gasteiger charge is -2.08. The number of thioether (sulfide) groups is 1. The average Bonchev–Trinajstić information content (AvgIpc) is 2.37. The molecule has 0 fully saturated rings. The van der Waals surface area contributed by atoms with Crippen molar-refractivity contribution in [3.63, 3.8) is 0 Å². The highest BCUT2D eigenvalue weighted by Crippen LogP contribution is 2.31. The summed E-state index contributed by atoms with van der Waals surface area (Å²) in [5, 5.41) is 1.06. The molecule has 1 heterocycles. The van der Waals surface area contributed by atoms with Crippen LogP contribution >= 0.6 is 11.8 Å². The zero-order chi connectivity index (χ0) is 12.1. The van der Waals surface area contributed by atoms with Crippen molar-refractivity contribution in [2.24, 2.45) is 0 Å². The molecule has 17 heavy (non-hydrogen) atoms. The first-order valence-electron chi connectivity index (χ1n) is 6.09. The van der Waals surface area contributed by atoms with Crippen LogP contribution in [0.3, 0.4) is 0 Å². The predicted molar refractivity (Wildman–Crippen MR) is 76.4 cm³/mol. The van der Waals surface area contributed by atoms with E-state index >= 15 is 0 Å². The molecule has 0 saturated carbocycles. The van der Waals surface area contributed by atoms with Crippen LogP contribution in [0.1, 0.15) is 26.2 Å². The summed E-state index contributed by atoms with van der Waals surface area (Å²) < 4.78 is 0. The number of fused-ring (bicyclic) bond motifs is 1. The number of hydrogen-bond donors (Lipinski definition) is 1. The molecule has 0 amide bonds. The summed E-state index contributed by atoms with van der Waals surface area (Å²) in [7, 11) is 0. The van der Waals surface area contributed by atoms with Gasteiger partial charge in [0.2, 0.25) is 0 Å². The maximum absolute atomic E-state index is 6.17. The summed E-state index contributed by atoms with van der Waals surface area (Å²) in [6, 6.07) is 8.10. The highest BCUT2D eigenvalue weighted by Gasteiger charge is 2.04. The van der Waals surface area contributed by atoms with Crippen LogP contribution in [0.25, 0.3) is 10.9 Å². The van der Waals surface area contributed by atoms with Crippen molar-refractivity contribution in [1.29, 1.82) is 0 Å². The van der Waals surface area contributed by atoms with E-state index in [0.29, 0.717) is 0 Å². The minimum Gasteiger partial charge on any atom is -0.397 e. The highest BCUT2D eigenvalue weighted by molar-refractivity contribution is 7.99.